The van der Waals surface area contributed by atoms with E-state index in [0.717, 1.165) is 29.9 Å². The van der Waals surface area contributed by atoms with Crippen molar-refractivity contribution in [2.75, 3.05) is 18.4 Å². The Labute approximate surface area is 113 Å². The van der Waals surface area contributed by atoms with Crippen LogP contribution in [-0.4, -0.2) is 23.1 Å². The summed E-state index contributed by atoms with van der Waals surface area (Å²) in [6.07, 6.45) is 6.83. The Morgan fingerprint density at radius 1 is 1.16 bits per heavy atom. The molecule has 1 saturated carbocycles. The second-order valence-electron chi connectivity index (χ2n) is 5.51. The first kappa shape index (κ1) is 12.4. The van der Waals surface area contributed by atoms with Crippen molar-refractivity contribution in [2.24, 2.45) is 11.1 Å². The van der Waals surface area contributed by atoms with Crippen LogP contribution in [0.25, 0.3) is 11.0 Å². The Morgan fingerprint density at radius 3 is 2.63 bits per heavy atom. The SMILES string of the molecule is NCC1(CNc2cnc3ccccc3n2)CCCC1. The Kier molecular flexibility index (Phi) is 3.34. The lowest BCUT2D eigenvalue weighted by Crippen LogP contribution is -2.34. The number of benzene rings is 1. The molecule has 3 rings (SSSR count). The number of hydrogen-bond donors (Lipinski definition) is 2. The Morgan fingerprint density at radius 2 is 1.89 bits per heavy atom. The van der Waals surface area contributed by atoms with E-state index >= 15 is 0 Å². The van der Waals surface area contributed by atoms with Crippen molar-refractivity contribution in [1.82, 2.24) is 9.97 Å². The van der Waals surface area contributed by atoms with E-state index in [1.807, 2.05) is 30.5 Å². The van der Waals surface area contributed by atoms with Gasteiger partial charge >= 0.3 is 0 Å². The first-order chi connectivity index (χ1) is 9.31. The molecule has 0 aliphatic heterocycles. The summed E-state index contributed by atoms with van der Waals surface area (Å²) >= 11 is 0. The second kappa shape index (κ2) is 5.13. The fourth-order valence-electron chi connectivity index (χ4n) is 2.90. The topological polar surface area (TPSA) is 63.8 Å². The van der Waals surface area contributed by atoms with Crippen LogP contribution in [0, 0.1) is 5.41 Å². The maximum absolute atomic E-state index is 5.95. The van der Waals surface area contributed by atoms with Crippen LogP contribution in [0.1, 0.15) is 25.7 Å². The molecule has 3 N–H and O–H groups in total. The number of hydrogen-bond acceptors (Lipinski definition) is 4. The van der Waals surface area contributed by atoms with E-state index in [1.54, 1.807) is 0 Å². The maximum Gasteiger partial charge on any atom is 0.145 e. The van der Waals surface area contributed by atoms with Gasteiger partial charge in [0, 0.05) is 6.54 Å². The molecule has 0 saturated heterocycles. The fourth-order valence-corrected chi connectivity index (χ4v) is 2.90. The highest BCUT2D eigenvalue weighted by molar-refractivity contribution is 5.75. The van der Waals surface area contributed by atoms with Crippen LogP contribution in [-0.2, 0) is 0 Å². The summed E-state index contributed by atoms with van der Waals surface area (Å²) in [4.78, 5) is 9.01. The predicted octanol–water partition coefficient (Wildman–Crippen LogP) is 2.56. The number of rotatable bonds is 4. The van der Waals surface area contributed by atoms with Crippen LogP contribution in [0.2, 0.25) is 0 Å². The van der Waals surface area contributed by atoms with Gasteiger partial charge in [0.05, 0.1) is 17.2 Å². The lowest BCUT2D eigenvalue weighted by molar-refractivity contribution is 0.332. The summed E-state index contributed by atoms with van der Waals surface area (Å²) in [6.45, 7) is 1.65. The molecule has 1 aromatic carbocycles. The number of anilines is 1. The fraction of sp³-hybridized carbons (Fsp3) is 0.467. The van der Waals surface area contributed by atoms with Gasteiger partial charge in [-0.1, -0.05) is 25.0 Å². The third kappa shape index (κ3) is 2.54. The standard InChI is InChI=1S/C15H20N4/c16-10-15(7-3-4-8-15)11-18-14-9-17-12-5-1-2-6-13(12)19-14/h1-2,5-6,9H,3-4,7-8,10-11,16H2,(H,18,19). The monoisotopic (exact) mass is 256 g/mol. The third-order valence-electron chi connectivity index (χ3n) is 4.19. The summed E-state index contributed by atoms with van der Waals surface area (Å²) in [6, 6.07) is 7.93. The van der Waals surface area contributed by atoms with Gasteiger partial charge in [-0.05, 0) is 36.9 Å². The molecule has 2 aromatic rings. The highest BCUT2D eigenvalue weighted by Gasteiger charge is 2.32. The molecular formula is C15H20N4. The van der Waals surface area contributed by atoms with Crippen LogP contribution in [0.3, 0.4) is 0 Å². The Hall–Kier alpha value is -1.68. The molecule has 100 valence electrons. The van der Waals surface area contributed by atoms with Gasteiger partial charge < -0.3 is 11.1 Å². The summed E-state index contributed by atoms with van der Waals surface area (Å²) in [5, 5.41) is 3.42. The molecule has 1 heterocycles. The van der Waals surface area contributed by atoms with Gasteiger partial charge in [0.25, 0.3) is 0 Å². The van der Waals surface area contributed by atoms with Gasteiger partial charge in [-0.2, -0.15) is 0 Å². The maximum atomic E-state index is 5.95. The Bertz CT molecular complexity index is 561. The van der Waals surface area contributed by atoms with Gasteiger partial charge in [-0.3, -0.25) is 4.98 Å². The largest absolute Gasteiger partial charge is 0.368 e. The van der Waals surface area contributed by atoms with E-state index in [-0.39, 0.29) is 5.41 Å². The van der Waals surface area contributed by atoms with Gasteiger partial charge in [-0.25, -0.2) is 4.98 Å². The molecule has 0 radical (unpaired) electrons. The molecule has 19 heavy (non-hydrogen) atoms. The van der Waals surface area contributed by atoms with Crippen LogP contribution >= 0.6 is 0 Å². The molecule has 0 bridgehead atoms. The number of fused-ring (bicyclic) bond motifs is 1. The van der Waals surface area contributed by atoms with Crippen molar-refractivity contribution in [3.63, 3.8) is 0 Å². The minimum Gasteiger partial charge on any atom is -0.368 e. The van der Waals surface area contributed by atoms with Crippen LogP contribution in [0.5, 0.6) is 0 Å². The lowest BCUT2D eigenvalue weighted by atomic mass is 9.86. The predicted molar refractivity (Wildman–Crippen MR) is 78.0 cm³/mol. The highest BCUT2D eigenvalue weighted by atomic mass is 15.0. The van der Waals surface area contributed by atoms with E-state index in [0.29, 0.717) is 0 Å². The molecule has 0 spiro atoms. The zero-order valence-electron chi connectivity index (χ0n) is 11.1. The average molecular weight is 256 g/mol. The third-order valence-corrected chi connectivity index (χ3v) is 4.19. The molecule has 1 fully saturated rings. The molecule has 0 unspecified atom stereocenters. The van der Waals surface area contributed by atoms with Crippen LogP contribution in [0.4, 0.5) is 5.82 Å². The average Bonchev–Trinajstić information content (AvgIpc) is 2.94. The number of nitrogens with one attached hydrogen (secondary N) is 1. The molecular weight excluding hydrogens is 236 g/mol. The van der Waals surface area contributed by atoms with Gasteiger partial charge in [-0.15, -0.1) is 0 Å². The van der Waals surface area contributed by atoms with E-state index in [1.165, 1.54) is 25.7 Å². The van der Waals surface area contributed by atoms with Crippen molar-refractivity contribution < 1.29 is 0 Å². The van der Waals surface area contributed by atoms with E-state index in [9.17, 15) is 0 Å². The van der Waals surface area contributed by atoms with Crippen molar-refractivity contribution in [3.8, 4) is 0 Å². The Balaban J connectivity index is 1.74. The van der Waals surface area contributed by atoms with Crippen LogP contribution in [0.15, 0.2) is 30.5 Å². The normalized spacial score (nSPS) is 17.7. The summed E-state index contributed by atoms with van der Waals surface area (Å²) < 4.78 is 0. The molecule has 4 heteroatoms. The molecule has 0 amide bonds. The number of para-hydroxylation sites is 2. The lowest BCUT2D eigenvalue weighted by Gasteiger charge is -2.27. The van der Waals surface area contributed by atoms with E-state index < -0.39 is 0 Å². The van der Waals surface area contributed by atoms with Gasteiger partial charge in [0.1, 0.15) is 5.82 Å². The minimum absolute atomic E-state index is 0.257. The smallest absolute Gasteiger partial charge is 0.145 e. The van der Waals surface area contributed by atoms with Crippen LogP contribution < -0.4 is 11.1 Å². The van der Waals surface area contributed by atoms with Gasteiger partial charge in [0.2, 0.25) is 0 Å². The van der Waals surface area contributed by atoms with Crippen molar-refractivity contribution in [2.45, 2.75) is 25.7 Å². The first-order valence-electron chi connectivity index (χ1n) is 6.97. The van der Waals surface area contributed by atoms with Gasteiger partial charge in [0.15, 0.2) is 0 Å². The second-order valence-corrected chi connectivity index (χ2v) is 5.51. The van der Waals surface area contributed by atoms with Crippen molar-refractivity contribution >= 4 is 16.9 Å². The van der Waals surface area contributed by atoms with E-state index in [4.69, 9.17) is 5.73 Å². The highest BCUT2D eigenvalue weighted by Crippen LogP contribution is 2.37. The number of nitrogens with zero attached hydrogens (tertiary/aromatic N) is 2. The first-order valence-corrected chi connectivity index (χ1v) is 6.97. The molecule has 1 aliphatic carbocycles. The summed E-state index contributed by atoms with van der Waals surface area (Å²) in [5.74, 6) is 0.846. The zero-order chi connectivity index (χ0) is 13.1. The zero-order valence-corrected chi connectivity index (χ0v) is 11.1. The number of nitrogens with two attached hydrogens (primary N) is 1. The summed E-state index contributed by atoms with van der Waals surface area (Å²) in [7, 11) is 0. The minimum atomic E-state index is 0.257. The van der Waals surface area contributed by atoms with Crippen molar-refractivity contribution in [3.05, 3.63) is 30.5 Å². The molecule has 1 aliphatic rings. The number of aromatic nitrogens is 2. The molecule has 4 nitrogen and oxygen atoms in total. The molecule has 1 aromatic heterocycles. The quantitative estimate of drug-likeness (QED) is 0.882. The van der Waals surface area contributed by atoms with Crippen molar-refractivity contribution in [1.29, 1.82) is 0 Å². The molecule has 0 atom stereocenters. The summed E-state index contributed by atoms with van der Waals surface area (Å²) in [5.41, 5.74) is 8.07. The van der Waals surface area contributed by atoms with E-state index in [2.05, 4.69) is 15.3 Å².